The molecule has 1 aliphatic rings. The number of rotatable bonds is 4. The molecular formula is C10H16O2. The van der Waals surface area contributed by atoms with E-state index in [9.17, 15) is 4.79 Å². The lowest BCUT2D eigenvalue weighted by atomic mass is 9.94. The fourth-order valence-corrected chi connectivity index (χ4v) is 1.50. The van der Waals surface area contributed by atoms with Crippen molar-refractivity contribution in [3.8, 4) is 0 Å². The van der Waals surface area contributed by atoms with Crippen molar-refractivity contribution in [2.45, 2.75) is 38.2 Å². The number of carbonyl (C=O) groups excluding carboxylic acids is 1. The Morgan fingerprint density at radius 3 is 3.00 bits per heavy atom. The van der Waals surface area contributed by atoms with Crippen LogP contribution in [0.2, 0.25) is 0 Å². The van der Waals surface area contributed by atoms with Crippen LogP contribution in [0.3, 0.4) is 0 Å². The lowest BCUT2D eigenvalue weighted by molar-refractivity contribution is -0.137. The Morgan fingerprint density at radius 2 is 2.50 bits per heavy atom. The molecule has 1 saturated heterocycles. The lowest BCUT2D eigenvalue weighted by Crippen LogP contribution is -2.33. The number of ether oxygens (including phenoxy) is 1. The first-order valence-corrected chi connectivity index (χ1v) is 4.47. The van der Waals surface area contributed by atoms with Crippen LogP contribution in [-0.2, 0) is 9.53 Å². The monoisotopic (exact) mass is 168 g/mol. The fraction of sp³-hybridized carbons (Fsp3) is 0.700. The molecular weight excluding hydrogens is 152 g/mol. The summed E-state index contributed by atoms with van der Waals surface area (Å²) in [6.07, 6.45) is 4.99. The maximum absolute atomic E-state index is 11.6. The van der Waals surface area contributed by atoms with Gasteiger partial charge in [-0.3, -0.25) is 4.79 Å². The molecule has 1 fully saturated rings. The fourth-order valence-electron chi connectivity index (χ4n) is 1.50. The smallest absolute Gasteiger partial charge is 0.164 e. The van der Waals surface area contributed by atoms with E-state index in [1.54, 1.807) is 6.08 Å². The number of ketones is 1. The number of Topliss-reactive ketones (excluding diaryl/α,β-unsaturated/α-hetero) is 1. The summed E-state index contributed by atoms with van der Waals surface area (Å²) in [6, 6.07) is 0. The molecule has 68 valence electrons. The van der Waals surface area contributed by atoms with E-state index in [1.807, 2.05) is 6.92 Å². The molecule has 1 unspecified atom stereocenters. The summed E-state index contributed by atoms with van der Waals surface area (Å²) < 4.78 is 5.42. The van der Waals surface area contributed by atoms with Crippen LogP contribution in [0, 0.1) is 0 Å². The van der Waals surface area contributed by atoms with Gasteiger partial charge in [0.15, 0.2) is 5.78 Å². The van der Waals surface area contributed by atoms with Gasteiger partial charge in [0.2, 0.25) is 0 Å². The van der Waals surface area contributed by atoms with Crippen LogP contribution in [0.4, 0.5) is 0 Å². The largest absolute Gasteiger partial charge is 0.368 e. The molecule has 12 heavy (non-hydrogen) atoms. The molecule has 0 aliphatic carbocycles. The number of hydrogen-bond acceptors (Lipinski definition) is 2. The average molecular weight is 168 g/mol. The highest BCUT2D eigenvalue weighted by Gasteiger charge is 2.36. The zero-order valence-electron chi connectivity index (χ0n) is 7.64. The summed E-state index contributed by atoms with van der Waals surface area (Å²) in [4.78, 5) is 11.6. The Balaban J connectivity index is 2.44. The van der Waals surface area contributed by atoms with Gasteiger partial charge in [-0.15, -0.1) is 6.58 Å². The summed E-state index contributed by atoms with van der Waals surface area (Å²) in [5, 5.41) is 0. The van der Waals surface area contributed by atoms with Gasteiger partial charge in [0.05, 0.1) is 0 Å². The minimum Gasteiger partial charge on any atom is -0.368 e. The van der Waals surface area contributed by atoms with Gasteiger partial charge in [-0.05, 0) is 26.2 Å². The van der Waals surface area contributed by atoms with E-state index in [1.165, 1.54) is 0 Å². The molecule has 0 amide bonds. The van der Waals surface area contributed by atoms with Crippen LogP contribution >= 0.6 is 0 Å². The van der Waals surface area contributed by atoms with Crippen LogP contribution in [-0.4, -0.2) is 18.0 Å². The van der Waals surface area contributed by atoms with E-state index < -0.39 is 5.60 Å². The summed E-state index contributed by atoms with van der Waals surface area (Å²) in [6.45, 7) is 6.22. The first-order chi connectivity index (χ1) is 5.69. The summed E-state index contributed by atoms with van der Waals surface area (Å²) in [7, 11) is 0. The first-order valence-electron chi connectivity index (χ1n) is 4.47. The highest BCUT2D eigenvalue weighted by Crippen LogP contribution is 2.27. The molecule has 0 aromatic carbocycles. The van der Waals surface area contributed by atoms with Crippen LogP contribution in [0.15, 0.2) is 12.7 Å². The number of allylic oxidation sites excluding steroid dienone is 1. The molecule has 0 aromatic heterocycles. The molecule has 0 saturated carbocycles. The Kier molecular flexibility index (Phi) is 3.04. The van der Waals surface area contributed by atoms with E-state index in [-0.39, 0.29) is 5.78 Å². The normalized spacial score (nSPS) is 28.8. The van der Waals surface area contributed by atoms with Crippen molar-refractivity contribution in [2.75, 3.05) is 6.61 Å². The molecule has 1 heterocycles. The van der Waals surface area contributed by atoms with Gasteiger partial charge in [-0.25, -0.2) is 0 Å². The van der Waals surface area contributed by atoms with E-state index in [0.29, 0.717) is 6.42 Å². The van der Waals surface area contributed by atoms with Gasteiger partial charge >= 0.3 is 0 Å². The third-order valence-electron chi connectivity index (χ3n) is 2.38. The topological polar surface area (TPSA) is 26.3 Å². The Bertz CT molecular complexity index is 178. The SMILES string of the molecule is C=CCCC(=O)C1(C)CCCO1. The van der Waals surface area contributed by atoms with Gasteiger partial charge in [0, 0.05) is 13.0 Å². The Hall–Kier alpha value is -0.630. The highest BCUT2D eigenvalue weighted by atomic mass is 16.5. The van der Waals surface area contributed by atoms with E-state index in [2.05, 4.69) is 6.58 Å². The zero-order valence-corrected chi connectivity index (χ0v) is 7.64. The maximum atomic E-state index is 11.6. The molecule has 1 atom stereocenters. The van der Waals surface area contributed by atoms with E-state index in [0.717, 1.165) is 25.9 Å². The zero-order chi connectivity index (χ0) is 9.03. The Labute approximate surface area is 73.6 Å². The predicted molar refractivity (Wildman–Crippen MR) is 48.0 cm³/mol. The van der Waals surface area contributed by atoms with E-state index in [4.69, 9.17) is 4.74 Å². The third-order valence-corrected chi connectivity index (χ3v) is 2.38. The number of hydrogen-bond donors (Lipinski definition) is 0. The van der Waals surface area contributed by atoms with Crippen molar-refractivity contribution in [2.24, 2.45) is 0 Å². The summed E-state index contributed by atoms with van der Waals surface area (Å²) in [5.41, 5.74) is -0.483. The molecule has 1 rings (SSSR count). The second kappa shape index (κ2) is 3.85. The molecule has 1 aliphatic heterocycles. The van der Waals surface area contributed by atoms with Crippen LogP contribution in [0.25, 0.3) is 0 Å². The van der Waals surface area contributed by atoms with Crippen molar-refractivity contribution >= 4 is 5.78 Å². The van der Waals surface area contributed by atoms with Crippen molar-refractivity contribution in [3.63, 3.8) is 0 Å². The van der Waals surface area contributed by atoms with Gasteiger partial charge in [0.25, 0.3) is 0 Å². The molecule has 0 radical (unpaired) electrons. The van der Waals surface area contributed by atoms with Crippen molar-refractivity contribution in [1.82, 2.24) is 0 Å². The van der Waals surface area contributed by atoms with Crippen molar-refractivity contribution in [1.29, 1.82) is 0 Å². The van der Waals surface area contributed by atoms with Gasteiger partial charge in [-0.2, -0.15) is 0 Å². The lowest BCUT2D eigenvalue weighted by Gasteiger charge is -2.20. The second-order valence-electron chi connectivity index (χ2n) is 3.43. The maximum Gasteiger partial charge on any atom is 0.164 e. The average Bonchev–Trinajstić information content (AvgIpc) is 2.49. The van der Waals surface area contributed by atoms with Crippen molar-refractivity contribution < 1.29 is 9.53 Å². The van der Waals surface area contributed by atoms with Gasteiger partial charge in [0.1, 0.15) is 5.60 Å². The molecule has 0 N–H and O–H groups in total. The van der Waals surface area contributed by atoms with Crippen LogP contribution in [0.1, 0.15) is 32.6 Å². The van der Waals surface area contributed by atoms with Gasteiger partial charge in [-0.1, -0.05) is 6.08 Å². The molecule has 0 aromatic rings. The predicted octanol–water partition coefficient (Wildman–Crippen LogP) is 2.09. The Morgan fingerprint density at radius 1 is 1.75 bits per heavy atom. The van der Waals surface area contributed by atoms with Gasteiger partial charge < -0.3 is 4.74 Å². The third kappa shape index (κ3) is 1.95. The quantitative estimate of drug-likeness (QED) is 0.601. The first kappa shape index (κ1) is 9.46. The molecule has 0 spiro atoms. The molecule has 0 bridgehead atoms. The number of carbonyl (C=O) groups is 1. The van der Waals surface area contributed by atoms with E-state index >= 15 is 0 Å². The van der Waals surface area contributed by atoms with Crippen LogP contribution in [0.5, 0.6) is 0 Å². The standard InChI is InChI=1S/C10H16O2/c1-3-4-6-9(11)10(2)7-5-8-12-10/h3H,1,4-8H2,2H3. The van der Waals surface area contributed by atoms with Crippen LogP contribution < -0.4 is 0 Å². The summed E-state index contributed by atoms with van der Waals surface area (Å²) in [5.74, 6) is 0.222. The molecule has 2 nitrogen and oxygen atoms in total. The minimum atomic E-state index is -0.483. The van der Waals surface area contributed by atoms with Crippen molar-refractivity contribution in [3.05, 3.63) is 12.7 Å². The second-order valence-corrected chi connectivity index (χ2v) is 3.43. The minimum absolute atomic E-state index is 0.222. The molecule has 2 heteroatoms. The summed E-state index contributed by atoms with van der Waals surface area (Å²) >= 11 is 0. The highest BCUT2D eigenvalue weighted by molar-refractivity contribution is 5.87.